The van der Waals surface area contributed by atoms with E-state index in [-0.39, 0.29) is 0 Å². The van der Waals surface area contributed by atoms with Crippen molar-refractivity contribution in [3.63, 3.8) is 0 Å². The van der Waals surface area contributed by atoms with E-state index in [0.29, 0.717) is 19.6 Å². The van der Waals surface area contributed by atoms with Crippen LogP contribution in [0.2, 0.25) is 0 Å². The molecule has 1 aromatic rings. The van der Waals surface area contributed by atoms with Crippen molar-refractivity contribution < 1.29 is 8.42 Å². The molecular weight excluding hydrogens is 240 g/mol. The highest BCUT2D eigenvalue weighted by Crippen LogP contribution is 2.10. The Bertz CT molecular complexity index is 451. The number of hydrogen-bond acceptors (Lipinski definition) is 3. The predicted molar refractivity (Wildman–Crippen MR) is 66.5 cm³/mol. The van der Waals surface area contributed by atoms with Crippen LogP contribution in [0.1, 0.15) is 19.4 Å². The summed E-state index contributed by atoms with van der Waals surface area (Å²) in [6.07, 6.45) is 3.49. The monoisotopic (exact) mass is 260 g/mol. The molecule has 1 heterocycles. The summed E-state index contributed by atoms with van der Waals surface area (Å²) in [5.41, 5.74) is 0.880. The van der Waals surface area contributed by atoms with Gasteiger partial charge in [0.15, 0.2) is 0 Å². The van der Waals surface area contributed by atoms with Crippen molar-refractivity contribution in [3.8, 4) is 0 Å². The Hall–Kier alpha value is -0.920. The summed E-state index contributed by atoms with van der Waals surface area (Å²) in [5.74, 6) is 0. The van der Waals surface area contributed by atoms with E-state index in [4.69, 9.17) is 0 Å². The lowest BCUT2D eigenvalue weighted by molar-refractivity contribution is 0.375. The van der Waals surface area contributed by atoms with E-state index >= 15 is 0 Å². The molecule has 0 radical (unpaired) electrons. The highest BCUT2D eigenvalue weighted by atomic mass is 32.2. The van der Waals surface area contributed by atoms with E-state index in [1.807, 2.05) is 27.1 Å². The van der Waals surface area contributed by atoms with Crippen molar-refractivity contribution in [2.45, 2.75) is 20.4 Å². The molecule has 0 saturated heterocycles. The Balaban J connectivity index is 2.79. The van der Waals surface area contributed by atoms with Crippen LogP contribution in [0.5, 0.6) is 0 Å². The van der Waals surface area contributed by atoms with Crippen LogP contribution in [0.15, 0.2) is 12.4 Å². The molecule has 0 aliphatic heterocycles. The van der Waals surface area contributed by atoms with Crippen LogP contribution in [0.3, 0.4) is 0 Å². The Morgan fingerprint density at radius 3 is 2.35 bits per heavy atom. The third-order valence-electron chi connectivity index (χ3n) is 2.59. The van der Waals surface area contributed by atoms with Gasteiger partial charge in [0.25, 0.3) is 10.2 Å². The highest BCUT2D eigenvalue weighted by Gasteiger charge is 2.24. The molecule has 1 rings (SSSR count). The molecule has 0 fully saturated rings. The quantitative estimate of drug-likeness (QED) is 0.745. The summed E-state index contributed by atoms with van der Waals surface area (Å²) in [4.78, 5) is 0. The minimum absolute atomic E-state index is 0.340. The average molecular weight is 260 g/mol. The first-order valence-corrected chi connectivity index (χ1v) is 7.00. The molecule has 0 saturated carbocycles. The molecule has 7 heteroatoms. The smallest absolute Gasteiger partial charge is 0.275 e. The summed E-state index contributed by atoms with van der Waals surface area (Å²) in [6.45, 7) is 4.97. The minimum Gasteiger partial charge on any atom is -0.275 e. The Morgan fingerprint density at radius 2 is 1.94 bits per heavy atom. The third-order valence-corrected chi connectivity index (χ3v) is 4.67. The van der Waals surface area contributed by atoms with Crippen molar-refractivity contribution >= 4 is 10.2 Å². The molecule has 0 bridgehead atoms. The molecule has 0 aliphatic rings. The maximum Gasteiger partial charge on any atom is 0.282 e. The summed E-state index contributed by atoms with van der Waals surface area (Å²) in [6, 6.07) is 0. The summed E-state index contributed by atoms with van der Waals surface area (Å²) in [5, 5.41) is 4.02. The van der Waals surface area contributed by atoms with E-state index in [0.717, 1.165) is 5.56 Å². The SMILES string of the molecule is CCN(CC)S(=O)(=O)N(C)Cc1cnn(C)c1. The van der Waals surface area contributed by atoms with Gasteiger partial charge < -0.3 is 0 Å². The first kappa shape index (κ1) is 14.1. The lowest BCUT2D eigenvalue weighted by atomic mass is 10.4. The second-order valence-electron chi connectivity index (χ2n) is 3.87. The van der Waals surface area contributed by atoms with Gasteiger partial charge in [-0.25, -0.2) is 0 Å². The van der Waals surface area contributed by atoms with Crippen LogP contribution in [0.4, 0.5) is 0 Å². The number of hydrogen-bond donors (Lipinski definition) is 0. The molecule has 0 atom stereocenters. The van der Waals surface area contributed by atoms with Gasteiger partial charge in [0.2, 0.25) is 0 Å². The number of aromatic nitrogens is 2. The zero-order valence-corrected chi connectivity index (χ0v) is 11.6. The number of rotatable bonds is 6. The molecule has 0 unspecified atom stereocenters. The zero-order chi connectivity index (χ0) is 13.1. The molecule has 17 heavy (non-hydrogen) atoms. The van der Waals surface area contributed by atoms with Crippen LogP contribution in [0, 0.1) is 0 Å². The Labute approximate surface area is 103 Å². The van der Waals surface area contributed by atoms with Gasteiger partial charge in [-0.2, -0.15) is 22.1 Å². The minimum atomic E-state index is -3.36. The van der Waals surface area contributed by atoms with Crippen LogP contribution in [0.25, 0.3) is 0 Å². The van der Waals surface area contributed by atoms with Gasteiger partial charge in [0.05, 0.1) is 6.20 Å². The van der Waals surface area contributed by atoms with E-state index in [2.05, 4.69) is 5.10 Å². The molecule has 0 spiro atoms. The second kappa shape index (κ2) is 5.61. The molecular formula is C10H20N4O2S. The first-order chi connectivity index (χ1) is 7.91. The van der Waals surface area contributed by atoms with Gasteiger partial charge >= 0.3 is 0 Å². The fourth-order valence-electron chi connectivity index (χ4n) is 1.64. The fourth-order valence-corrected chi connectivity index (χ4v) is 3.00. The van der Waals surface area contributed by atoms with E-state index in [1.54, 1.807) is 17.9 Å². The third kappa shape index (κ3) is 3.27. The van der Waals surface area contributed by atoms with Crippen LogP contribution in [-0.4, -0.2) is 46.9 Å². The average Bonchev–Trinajstić information content (AvgIpc) is 2.65. The number of nitrogens with zero attached hydrogens (tertiary/aromatic N) is 4. The molecule has 1 aromatic heterocycles. The molecule has 0 aliphatic carbocycles. The normalized spacial score (nSPS) is 12.6. The van der Waals surface area contributed by atoms with Crippen molar-refractivity contribution in [1.82, 2.24) is 18.4 Å². The van der Waals surface area contributed by atoms with Gasteiger partial charge in [-0.05, 0) is 0 Å². The molecule has 98 valence electrons. The van der Waals surface area contributed by atoms with Crippen LogP contribution in [-0.2, 0) is 23.8 Å². The van der Waals surface area contributed by atoms with Crippen LogP contribution >= 0.6 is 0 Å². The van der Waals surface area contributed by atoms with E-state index in [1.165, 1.54) is 8.61 Å². The fraction of sp³-hybridized carbons (Fsp3) is 0.700. The van der Waals surface area contributed by atoms with Crippen molar-refractivity contribution in [2.24, 2.45) is 7.05 Å². The molecule has 0 aromatic carbocycles. The summed E-state index contributed by atoms with van der Waals surface area (Å²) < 4.78 is 28.7. The predicted octanol–water partition coefficient (Wildman–Crippen LogP) is 0.438. The first-order valence-electron chi connectivity index (χ1n) is 5.60. The Kier molecular flexibility index (Phi) is 4.67. The zero-order valence-electron chi connectivity index (χ0n) is 10.8. The van der Waals surface area contributed by atoms with Crippen molar-refractivity contribution in [1.29, 1.82) is 0 Å². The van der Waals surface area contributed by atoms with Gasteiger partial charge in [-0.3, -0.25) is 4.68 Å². The second-order valence-corrected chi connectivity index (χ2v) is 5.91. The summed E-state index contributed by atoms with van der Waals surface area (Å²) >= 11 is 0. The van der Waals surface area contributed by atoms with E-state index in [9.17, 15) is 8.42 Å². The number of aryl methyl sites for hydroxylation is 1. The van der Waals surface area contributed by atoms with Gasteiger partial charge in [0.1, 0.15) is 0 Å². The molecule has 6 nitrogen and oxygen atoms in total. The van der Waals surface area contributed by atoms with E-state index < -0.39 is 10.2 Å². The Morgan fingerprint density at radius 1 is 1.35 bits per heavy atom. The van der Waals surface area contributed by atoms with Gasteiger partial charge in [0, 0.05) is 45.5 Å². The van der Waals surface area contributed by atoms with Gasteiger partial charge in [-0.15, -0.1) is 0 Å². The highest BCUT2D eigenvalue weighted by molar-refractivity contribution is 7.86. The largest absolute Gasteiger partial charge is 0.282 e. The lowest BCUT2D eigenvalue weighted by Crippen LogP contribution is -2.41. The van der Waals surface area contributed by atoms with Crippen molar-refractivity contribution in [3.05, 3.63) is 18.0 Å². The van der Waals surface area contributed by atoms with Gasteiger partial charge in [-0.1, -0.05) is 13.8 Å². The summed E-state index contributed by atoms with van der Waals surface area (Å²) in [7, 11) is 0.0314. The van der Waals surface area contributed by atoms with Crippen molar-refractivity contribution in [2.75, 3.05) is 20.1 Å². The maximum absolute atomic E-state index is 12.1. The molecule has 0 N–H and O–H groups in total. The lowest BCUT2D eigenvalue weighted by Gasteiger charge is -2.25. The topological polar surface area (TPSA) is 58.4 Å². The molecule has 0 amide bonds. The van der Waals surface area contributed by atoms with Crippen LogP contribution < -0.4 is 0 Å². The standard InChI is InChI=1S/C10H20N4O2S/c1-5-14(6-2)17(15,16)13(4)9-10-7-11-12(3)8-10/h7-8H,5-6,9H2,1-4H3. The maximum atomic E-state index is 12.1.